The third-order valence-electron chi connectivity index (χ3n) is 5.96. The standard InChI is InChI=1S/C25H27NO3/c1-17-8-4-5-9-20(17)22-16-25(28)29-23-15-19(10-11-21(22)23)18(2)14-24(27)26-12-6-3-7-13-26/h4-5,8-11,15-16,18H,3,6-7,12-14H2,1-2H3. The van der Waals surface area contributed by atoms with Gasteiger partial charge >= 0.3 is 5.63 Å². The summed E-state index contributed by atoms with van der Waals surface area (Å²) in [5.74, 6) is 0.286. The van der Waals surface area contributed by atoms with E-state index in [0.29, 0.717) is 12.0 Å². The maximum atomic E-state index is 12.6. The molecule has 4 rings (SSSR count). The quantitative estimate of drug-likeness (QED) is 0.571. The molecule has 1 aliphatic rings. The van der Waals surface area contributed by atoms with Gasteiger partial charge in [0, 0.05) is 36.5 Å². The summed E-state index contributed by atoms with van der Waals surface area (Å²) in [5.41, 5.74) is 4.27. The summed E-state index contributed by atoms with van der Waals surface area (Å²) < 4.78 is 5.52. The summed E-state index contributed by atoms with van der Waals surface area (Å²) in [6.45, 7) is 5.85. The van der Waals surface area contributed by atoms with Gasteiger partial charge < -0.3 is 9.32 Å². The van der Waals surface area contributed by atoms with E-state index in [-0.39, 0.29) is 17.5 Å². The van der Waals surface area contributed by atoms with E-state index in [4.69, 9.17) is 4.42 Å². The van der Waals surface area contributed by atoms with Gasteiger partial charge in [-0.2, -0.15) is 0 Å². The lowest BCUT2D eigenvalue weighted by Crippen LogP contribution is -2.36. The fraction of sp³-hybridized carbons (Fsp3) is 0.360. The Morgan fingerprint density at radius 1 is 1.03 bits per heavy atom. The van der Waals surface area contributed by atoms with E-state index in [1.807, 2.05) is 48.2 Å². The van der Waals surface area contributed by atoms with Crippen molar-refractivity contribution in [1.82, 2.24) is 4.90 Å². The molecule has 4 heteroatoms. The summed E-state index contributed by atoms with van der Waals surface area (Å²) in [4.78, 5) is 26.8. The van der Waals surface area contributed by atoms with Gasteiger partial charge in [0.2, 0.25) is 5.91 Å². The fourth-order valence-corrected chi connectivity index (χ4v) is 4.24. The van der Waals surface area contributed by atoms with E-state index < -0.39 is 0 Å². The molecule has 0 spiro atoms. The van der Waals surface area contributed by atoms with Crippen LogP contribution in [0.3, 0.4) is 0 Å². The average molecular weight is 389 g/mol. The van der Waals surface area contributed by atoms with Crippen LogP contribution in [0, 0.1) is 6.92 Å². The van der Waals surface area contributed by atoms with Crippen LogP contribution in [-0.4, -0.2) is 23.9 Å². The van der Waals surface area contributed by atoms with Crippen molar-refractivity contribution in [2.45, 2.75) is 45.4 Å². The highest BCUT2D eigenvalue weighted by Gasteiger charge is 2.20. The third-order valence-corrected chi connectivity index (χ3v) is 5.96. The Bertz CT molecular complexity index is 1090. The number of benzene rings is 2. The summed E-state index contributed by atoms with van der Waals surface area (Å²) in [6, 6.07) is 15.6. The molecular weight excluding hydrogens is 362 g/mol. The first-order chi connectivity index (χ1) is 14.0. The highest BCUT2D eigenvalue weighted by molar-refractivity contribution is 5.94. The van der Waals surface area contributed by atoms with Crippen molar-refractivity contribution in [1.29, 1.82) is 0 Å². The van der Waals surface area contributed by atoms with Gasteiger partial charge in [-0.3, -0.25) is 4.79 Å². The van der Waals surface area contributed by atoms with E-state index in [9.17, 15) is 9.59 Å². The number of rotatable bonds is 4. The van der Waals surface area contributed by atoms with Crippen molar-refractivity contribution in [3.63, 3.8) is 0 Å². The average Bonchev–Trinajstić information content (AvgIpc) is 2.73. The van der Waals surface area contributed by atoms with Gasteiger partial charge in [0.1, 0.15) is 5.58 Å². The zero-order valence-corrected chi connectivity index (χ0v) is 17.1. The Hall–Kier alpha value is -2.88. The SMILES string of the molecule is Cc1ccccc1-c1cc(=O)oc2cc(C(C)CC(=O)N3CCCCC3)ccc12. The van der Waals surface area contributed by atoms with Gasteiger partial charge in [-0.25, -0.2) is 4.79 Å². The number of nitrogens with zero attached hydrogens (tertiary/aromatic N) is 1. The number of aryl methyl sites for hydroxylation is 1. The molecule has 0 radical (unpaired) electrons. The van der Waals surface area contributed by atoms with Crippen LogP contribution in [0.15, 0.2) is 57.7 Å². The lowest BCUT2D eigenvalue weighted by molar-refractivity contribution is -0.132. The molecule has 0 N–H and O–H groups in total. The van der Waals surface area contributed by atoms with Crippen LogP contribution in [-0.2, 0) is 4.79 Å². The van der Waals surface area contributed by atoms with Crippen molar-refractivity contribution in [3.05, 3.63) is 70.1 Å². The number of hydrogen-bond donors (Lipinski definition) is 0. The summed E-state index contributed by atoms with van der Waals surface area (Å²) in [6.07, 6.45) is 3.89. The Morgan fingerprint density at radius 3 is 2.55 bits per heavy atom. The second kappa shape index (κ2) is 8.24. The topological polar surface area (TPSA) is 50.5 Å². The van der Waals surface area contributed by atoms with Gasteiger partial charge in [0.05, 0.1) is 0 Å². The number of fused-ring (bicyclic) bond motifs is 1. The monoisotopic (exact) mass is 389 g/mol. The normalized spacial score (nSPS) is 15.4. The molecule has 1 atom stereocenters. The molecule has 1 amide bonds. The van der Waals surface area contributed by atoms with Crippen LogP contribution < -0.4 is 5.63 Å². The second-order valence-electron chi connectivity index (χ2n) is 8.10. The highest BCUT2D eigenvalue weighted by Crippen LogP contribution is 2.32. The molecule has 150 valence electrons. The van der Waals surface area contributed by atoms with Crippen LogP contribution in [0.5, 0.6) is 0 Å². The maximum absolute atomic E-state index is 12.6. The van der Waals surface area contributed by atoms with Crippen molar-refractivity contribution in [2.24, 2.45) is 0 Å². The largest absolute Gasteiger partial charge is 0.423 e. The van der Waals surface area contributed by atoms with Crippen LogP contribution >= 0.6 is 0 Å². The third kappa shape index (κ3) is 4.12. The van der Waals surface area contributed by atoms with Crippen molar-refractivity contribution >= 4 is 16.9 Å². The predicted molar refractivity (Wildman–Crippen MR) is 116 cm³/mol. The molecule has 4 nitrogen and oxygen atoms in total. The van der Waals surface area contributed by atoms with E-state index in [2.05, 4.69) is 13.0 Å². The molecular formula is C25H27NO3. The molecule has 1 aliphatic heterocycles. The van der Waals surface area contributed by atoms with Gasteiger partial charge in [-0.15, -0.1) is 0 Å². The summed E-state index contributed by atoms with van der Waals surface area (Å²) >= 11 is 0. The van der Waals surface area contributed by atoms with E-state index in [1.165, 1.54) is 6.42 Å². The number of amides is 1. The Morgan fingerprint density at radius 2 is 1.79 bits per heavy atom. The van der Waals surface area contributed by atoms with Crippen LogP contribution in [0.25, 0.3) is 22.1 Å². The molecule has 1 saturated heterocycles. The van der Waals surface area contributed by atoms with E-state index in [0.717, 1.165) is 53.6 Å². The van der Waals surface area contributed by atoms with Gasteiger partial charge in [-0.1, -0.05) is 43.3 Å². The first-order valence-corrected chi connectivity index (χ1v) is 10.4. The molecule has 0 saturated carbocycles. The minimum atomic E-state index is -0.357. The van der Waals surface area contributed by atoms with Crippen LogP contribution in [0.4, 0.5) is 0 Å². The number of hydrogen-bond acceptors (Lipinski definition) is 3. The smallest absolute Gasteiger partial charge is 0.336 e. The lowest BCUT2D eigenvalue weighted by Gasteiger charge is -2.28. The minimum Gasteiger partial charge on any atom is -0.423 e. The molecule has 2 aromatic carbocycles. The summed E-state index contributed by atoms with van der Waals surface area (Å²) in [7, 11) is 0. The Balaban J connectivity index is 1.65. The Labute approximate surface area is 171 Å². The van der Waals surface area contributed by atoms with Gasteiger partial charge in [0.15, 0.2) is 0 Å². The van der Waals surface area contributed by atoms with E-state index >= 15 is 0 Å². The van der Waals surface area contributed by atoms with Gasteiger partial charge in [-0.05, 0) is 54.9 Å². The highest BCUT2D eigenvalue weighted by atomic mass is 16.4. The zero-order valence-electron chi connectivity index (χ0n) is 17.1. The van der Waals surface area contributed by atoms with Crippen molar-refractivity contribution in [2.75, 3.05) is 13.1 Å². The Kier molecular flexibility index (Phi) is 5.52. The maximum Gasteiger partial charge on any atom is 0.336 e. The molecule has 1 aromatic heterocycles. The lowest BCUT2D eigenvalue weighted by atomic mass is 9.93. The molecule has 0 aliphatic carbocycles. The second-order valence-corrected chi connectivity index (χ2v) is 8.10. The van der Waals surface area contributed by atoms with Crippen LogP contribution in [0.2, 0.25) is 0 Å². The molecule has 29 heavy (non-hydrogen) atoms. The van der Waals surface area contributed by atoms with Crippen molar-refractivity contribution in [3.8, 4) is 11.1 Å². The first-order valence-electron chi connectivity index (χ1n) is 10.4. The number of piperidine rings is 1. The molecule has 1 unspecified atom stereocenters. The minimum absolute atomic E-state index is 0.0706. The number of carbonyl (C=O) groups excluding carboxylic acids is 1. The van der Waals surface area contributed by atoms with Crippen molar-refractivity contribution < 1.29 is 9.21 Å². The molecule has 2 heterocycles. The predicted octanol–water partition coefficient (Wildman–Crippen LogP) is 5.27. The molecule has 0 bridgehead atoms. The first kappa shape index (κ1) is 19.4. The number of carbonyl (C=O) groups is 1. The zero-order chi connectivity index (χ0) is 20.4. The molecule has 3 aromatic rings. The van der Waals surface area contributed by atoms with Gasteiger partial charge in [0.25, 0.3) is 0 Å². The van der Waals surface area contributed by atoms with E-state index in [1.54, 1.807) is 6.07 Å². The van der Waals surface area contributed by atoms with Crippen LogP contribution in [0.1, 0.15) is 49.7 Å². The summed E-state index contributed by atoms with van der Waals surface area (Å²) in [5, 5.41) is 0.914. The number of likely N-dealkylation sites (tertiary alicyclic amines) is 1. The molecule has 1 fully saturated rings. The fourth-order valence-electron chi connectivity index (χ4n) is 4.24.